The molecule has 0 aromatic carbocycles. The highest BCUT2D eigenvalue weighted by Gasteiger charge is 2.02. The Bertz CT molecular complexity index is 267. The minimum absolute atomic E-state index is 0.0146. The molecule has 6 heteroatoms. The smallest absolute Gasteiger partial charge is 0.340 e. The number of carbonyl (C=O) groups excluding carboxylic acids is 1. The minimum Gasteiger partial charge on any atom is -0.504 e. The van der Waals surface area contributed by atoms with Gasteiger partial charge in [-0.3, -0.25) is 0 Å². The highest BCUT2D eigenvalue weighted by atomic mass is 16.6. The van der Waals surface area contributed by atoms with Crippen LogP contribution >= 0.6 is 0 Å². The maximum atomic E-state index is 10.8. The molecule has 0 bridgehead atoms. The maximum absolute atomic E-state index is 10.8. The van der Waals surface area contributed by atoms with Gasteiger partial charge in [0.2, 0.25) is 0 Å². The SMILES string of the molecule is CO/C=C/C(=O)Oc1conn1. The van der Waals surface area contributed by atoms with E-state index in [2.05, 4.69) is 24.4 Å². The molecule has 0 aliphatic rings. The molecule has 6 nitrogen and oxygen atoms in total. The first kappa shape index (κ1) is 8.25. The van der Waals surface area contributed by atoms with E-state index in [9.17, 15) is 4.79 Å². The zero-order chi connectivity index (χ0) is 8.81. The van der Waals surface area contributed by atoms with Gasteiger partial charge in [0.1, 0.15) is 0 Å². The van der Waals surface area contributed by atoms with Gasteiger partial charge in [0, 0.05) is 5.27 Å². The topological polar surface area (TPSA) is 74.5 Å². The molecule has 1 aromatic heterocycles. The Morgan fingerprint density at radius 3 is 3.17 bits per heavy atom. The second kappa shape index (κ2) is 4.12. The van der Waals surface area contributed by atoms with Crippen molar-refractivity contribution in [3.63, 3.8) is 0 Å². The first-order valence-corrected chi connectivity index (χ1v) is 3.01. The summed E-state index contributed by atoms with van der Waals surface area (Å²) in [6, 6.07) is 0. The summed E-state index contributed by atoms with van der Waals surface area (Å²) >= 11 is 0. The lowest BCUT2D eigenvalue weighted by Gasteiger charge is -1.91. The van der Waals surface area contributed by atoms with Crippen LogP contribution in [-0.4, -0.2) is 23.4 Å². The van der Waals surface area contributed by atoms with Gasteiger partial charge in [-0.1, -0.05) is 5.10 Å². The van der Waals surface area contributed by atoms with E-state index in [1.54, 1.807) is 0 Å². The van der Waals surface area contributed by atoms with Gasteiger partial charge in [-0.15, -0.1) is 0 Å². The molecule has 0 aliphatic heterocycles. The molecule has 12 heavy (non-hydrogen) atoms. The third kappa shape index (κ3) is 2.41. The van der Waals surface area contributed by atoms with E-state index in [1.807, 2.05) is 0 Å². The number of hydrogen-bond acceptors (Lipinski definition) is 6. The van der Waals surface area contributed by atoms with E-state index < -0.39 is 5.97 Å². The van der Waals surface area contributed by atoms with E-state index in [4.69, 9.17) is 0 Å². The van der Waals surface area contributed by atoms with Crippen LogP contribution < -0.4 is 4.74 Å². The molecule has 1 aromatic rings. The first-order chi connectivity index (χ1) is 5.83. The average molecular weight is 170 g/mol. The molecule has 0 aliphatic carbocycles. The Morgan fingerprint density at radius 1 is 1.75 bits per heavy atom. The van der Waals surface area contributed by atoms with E-state index >= 15 is 0 Å². The third-order valence-electron chi connectivity index (χ3n) is 0.885. The quantitative estimate of drug-likeness (QED) is 0.364. The minimum atomic E-state index is -0.604. The molecule has 0 fully saturated rings. The molecule has 0 saturated carbocycles. The van der Waals surface area contributed by atoms with Gasteiger partial charge in [0.25, 0.3) is 5.88 Å². The summed E-state index contributed by atoms with van der Waals surface area (Å²) in [5, 5.41) is 6.43. The Hall–Kier alpha value is -1.85. The van der Waals surface area contributed by atoms with Gasteiger partial charge in [0.05, 0.1) is 19.4 Å². The average Bonchev–Trinajstić information content (AvgIpc) is 2.53. The molecule has 0 atom stereocenters. The molecule has 0 amide bonds. The van der Waals surface area contributed by atoms with Crippen molar-refractivity contribution >= 4 is 5.97 Å². The molecule has 1 rings (SSSR count). The van der Waals surface area contributed by atoms with Crippen molar-refractivity contribution in [1.29, 1.82) is 0 Å². The predicted molar refractivity (Wildman–Crippen MR) is 36.1 cm³/mol. The van der Waals surface area contributed by atoms with Crippen LogP contribution in [0.1, 0.15) is 0 Å². The van der Waals surface area contributed by atoms with Crippen LogP contribution in [0.4, 0.5) is 0 Å². The van der Waals surface area contributed by atoms with Crippen molar-refractivity contribution in [3.05, 3.63) is 18.6 Å². The molecule has 1 heterocycles. The van der Waals surface area contributed by atoms with Crippen molar-refractivity contribution in [2.24, 2.45) is 0 Å². The van der Waals surface area contributed by atoms with Crippen molar-refractivity contribution < 1.29 is 18.8 Å². The summed E-state index contributed by atoms with van der Waals surface area (Å²) in [4.78, 5) is 10.8. The fraction of sp³-hybridized carbons (Fsp3) is 0.167. The first-order valence-electron chi connectivity index (χ1n) is 3.01. The summed E-state index contributed by atoms with van der Waals surface area (Å²) in [5.41, 5.74) is 0. The Morgan fingerprint density at radius 2 is 2.58 bits per heavy atom. The van der Waals surface area contributed by atoms with Crippen molar-refractivity contribution in [1.82, 2.24) is 10.4 Å². The van der Waals surface area contributed by atoms with Gasteiger partial charge < -0.3 is 14.0 Å². The zero-order valence-corrected chi connectivity index (χ0v) is 6.26. The number of nitrogens with zero attached hydrogens (tertiary/aromatic N) is 2. The highest BCUT2D eigenvalue weighted by molar-refractivity contribution is 5.83. The lowest BCUT2D eigenvalue weighted by molar-refractivity contribution is -0.129. The molecule has 0 N–H and O–H groups in total. The van der Waals surface area contributed by atoms with E-state index in [-0.39, 0.29) is 5.88 Å². The second-order valence-electron chi connectivity index (χ2n) is 1.70. The van der Waals surface area contributed by atoms with Crippen molar-refractivity contribution in [2.75, 3.05) is 7.11 Å². The number of hydrogen-bond donors (Lipinski definition) is 0. The fourth-order valence-corrected chi connectivity index (χ4v) is 0.461. The normalized spacial score (nSPS) is 10.1. The molecule has 64 valence electrons. The van der Waals surface area contributed by atoms with Gasteiger partial charge in [-0.2, -0.15) is 0 Å². The van der Waals surface area contributed by atoms with Crippen LogP contribution in [0.5, 0.6) is 5.88 Å². The highest BCUT2D eigenvalue weighted by Crippen LogP contribution is 2.02. The van der Waals surface area contributed by atoms with Gasteiger partial charge in [-0.25, -0.2) is 4.79 Å². The number of carbonyl (C=O) groups is 1. The van der Waals surface area contributed by atoms with Gasteiger partial charge in [-0.05, 0) is 0 Å². The number of ether oxygens (including phenoxy) is 2. The fourth-order valence-electron chi connectivity index (χ4n) is 0.461. The Kier molecular flexibility index (Phi) is 2.83. The Labute approximate surface area is 67.7 Å². The monoisotopic (exact) mass is 170 g/mol. The summed E-state index contributed by atoms with van der Waals surface area (Å²) < 4.78 is 13.4. The Balaban J connectivity index is 2.42. The summed E-state index contributed by atoms with van der Waals surface area (Å²) in [7, 11) is 1.42. The van der Waals surface area contributed by atoms with Crippen LogP contribution in [0.2, 0.25) is 0 Å². The maximum Gasteiger partial charge on any atom is 0.340 e. The van der Waals surface area contributed by atoms with E-state index in [1.165, 1.54) is 13.4 Å². The second-order valence-corrected chi connectivity index (χ2v) is 1.70. The molecule has 0 unspecified atom stereocenters. The molecule has 0 radical (unpaired) electrons. The van der Waals surface area contributed by atoms with Crippen LogP contribution in [0, 0.1) is 0 Å². The number of esters is 1. The largest absolute Gasteiger partial charge is 0.504 e. The third-order valence-corrected chi connectivity index (χ3v) is 0.885. The van der Waals surface area contributed by atoms with Crippen LogP contribution in [-0.2, 0) is 9.53 Å². The molecule has 0 saturated heterocycles. The lowest BCUT2D eigenvalue weighted by Crippen LogP contribution is -2.03. The lowest BCUT2D eigenvalue weighted by atomic mass is 10.6. The zero-order valence-electron chi connectivity index (χ0n) is 6.26. The van der Waals surface area contributed by atoms with E-state index in [0.29, 0.717) is 0 Å². The van der Waals surface area contributed by atoms with Crippen molar-refractivity contribution in [2.45, 2.75) is 0 Å². The van der Waals surface area contributed by atoms with Gasteiger partial charge >= 0.3 is 5.97 Å². The molecule has 0 spiro atoms. The van der Waals surface area contributed by atoms with Crippen LogP contribution in [0.15, 0.2) is 23.1 Å². The number of rotatable bonds is 3. The number of aromatic nitrogens is 2. The standard InChI is InChI=1S/C6H6N2O4/c1-10-3-2-6(9)12-5-4-11-8-7-5/h2-4H,1H3/b3-2+. The van der Waals surface area contributed by atoms with Crippen LogP contribution in [0.3, 0.4) is 0 Å². The van der Waals surface area contributed by atoms with Crippen molar-refractivity contribution in [3.8, 4) is 5.88 Å². The van der Waals surface area contributed by atoms with Crippen LogP contribution in [0.25, 0.3) is 0 Å². The molecular weight excluding hydrogens is 164 g/mol. The molecular formula is C6H6N2O4. The summed E-state index contributed by atoms with van der Waals surface area (Å²) in [5.74, 6) is -0.590. The van der Waals surface area contributed by atoms with E-state index in [0.717, 1.165) is 12.3 Å². The predicted octanol–water partition coefficient (Wildman–Crippen LogP) is 0.135. The summed E-state index contributed by atoms with van der Waals surface area (Å²) in [6.45, 7) is 0. The summed E-state index contributed by atoms with van der Waals surface area (Å²) in [6.07, 6.45) is 3.41. The van der Waals surface area contributed by atoms with Gasteiger partial charge in [0.15, 0.2) is 6.26 Å². The number of methoxy groups -OCH3 is 1.